The zero-order valence-electron chi connectivity index (χ0n) is 7.52. The summed E-state index contributed by atoms with van der Waals surface area (Å²) < 4.78 is 0. The first-order valence-corrected chi connectivity index (χ1v) is 3.40. The van der Waals surface area contributed by atoms with E-state index in [1.54, 1.807) is 0 Å². The Morgan fingerprint density at radius 1 is 1.27 bits per heavy atom. The van der Waals surface area contributed by atoms with Crippen molar-refractivity contribution in [2.24, 2.45) is 0 Å². The van der Waals surface area contributed by atoms with Crippen LogP contribution in [0.4, 0.5) is 0 Å². The summed E-state index contributed by atoms with van der Waals surface area (Å²) in [5, 5.41) is 0. The Labute approximate surface area is 73.0 Å². The van der Waals surface area contributed by atoms with Gasteiger partial charge in [-0.2, -0.15) is 0 Å². The molecule has 0 unspecified atom stereocenters. The van der Waals surface area contributed by atoms with E-state index in [-0.39, 0.29) is 7.43 Å². The molecule has 0 rings (SSSR count). The minimum atomic E-state index is 0. The first-order valence-electron chi connectivity index (χ1n) is 3.40. The minimum Gasteiger partial charge on any atom is -0.124 e. The second kappa shape index (κ2) is 35.8. The SMILES string of the molecule is C.C#C.C=C/C(C)=C\C.CC. The maximum Gasteiger partial charge on any atom is -0.0401 e. The molecule has 0 aromatic heterocycles. The monoisotopic (exact) mass is 154 g/mol. The van der Waals surface area contributed by atoms with E-state index in [0.29, 0.717) is 0 Å². The minimum absolute atomic E-state index is 0. The Bertz CT molecular complexity index is 93.9. The van der Waals surface area contributed by atoms with Crippen molar-refractivity contribution < 1.29 is 0 Å². The van der Waals surface area contributed by atoms with Crippen molar-refractivity contribution in [2.45, 2.75) is 35.1 Å². The molecule has 0 heterocycles. The van der Waals surface area contributed by atoms with E-state index in [1.807, 2.05) is 39.8 Å². The Hall–Kier alpha value is -0.960. The maximum atomic E-state index is 4.00. The molecule has 0 aliphatic carbocycles. The van der Waals surface area contributed by atoms with Crippen LogP contribution < -0.4 is 0 Å². The fraction of sp³-hybridized carbons (Fsp3) is 0.455. The highest BCUT2D eigenvalue weighted by molar-refractivity contribution is 5.10. The van der Waals surface area contributed by atoms with E-state index in [2.05, 4.69) is 19.4 Å². The van der Waals surface area contributed by atoms with E-state index in [9.17, 15) is 0 Å². The molecular weight excluding hydrogens is 132 g/mol. The molecule has 0 aromatic rings. The van der Waals surface area contributed by atoms with Gasteiger partial charge in [0.2, 0.25) is 0 Å². The van der Waals surface area contributed by atoms with Crippen LogP contribution in [0.5, 0.6) is 0 Å². The van der Waals surface area contributed by atoms with Crippen LogP contribution >= 0.6 is 0 Å². The van der Waals surface area contributed by atoms with E-state index in [0.717, 1.165) is 0 Å². The summed E-state index contributed by atoms with van der Waals surface area (Å²) in [7, 11) is 0. The predicted octanol–water partition coefficient (Wildman–Crippen LogP) is 4.05. The van der Waals surface area contributed by atoms with Gasteiger partial charge < -0.3 is 0 Å². The molecule has 0 amide bonds. The standard InChI is InChI=1S/C6H10.C2H6.C2H2.CH4/c1-4-6(3)5-2;2*1-2;/h4-5H,1H2,2-3H3;1-2H3;1-2H;1H4/b6-5-;;;. The second-order valence-corrected chi connectivity index (χ2v) is 1.24. The van der Waals surface area contributed by atoms with E-state index in [1.165, 1.54) is 5.57 Å². The third-order valence-electron chi connectivity index (χ3n) is 0.777. The molecule has 0 aliphatic rings. The first-order chi connectivity index (χ1) is 4.81. The molecule has 0 saturated carbocycles. The fourth-order valence-corrected chi connectivity index (χ4v) is 0.118. The Morgan fingerprint density at radius 2 is 1.55 bits per heavy atom. The average Bonchev–Trinajstić information content (AvgIpc) is 2.10. The highest BCUT2D eigenvalue weighted by Crippen LogP contribution is 1.88. The van der Waals surface area contributed by atoms with Gasteiger partial charge in [-0.1, -0.05) is 45.6 Å². The van der Waals surface area contributed by atoms with Crippen LogP contribution in [0.15, 0.2) is 24.3 Å². The van der Waals surface area contributed by atoms with Crippen LogP contribution in [0.1, 0.15) is 35.1 Å². The zero-order chi connectivity index (χ0) is 8.99. The lowest BCUT2D eigenvalue weighted by Gasteiger charge is -1.78. The van der Waals surface area contributed by atoms with Crippen molar-refractivity contribution in [3.8, 4) is 12.8 Å². The lowest BCUT2D eigenvalue weighted by Crippen LogP contribution is -1.57. The molecule has 0 bridgehead atoms. The molecule has 0 radical (unpaired) electrons. The highest BCUT2D eigenvalue weighted by atomic mass is 13.7. The molecule has 0 atom stereocenters. The summed E-state index contributed by atoms with van der Waals surface area (Å²) in [6, 6.07) is 0. The Kier molecular flexibility index (Phi) is 73.2. The van der Waals surface area contributed by atoms with Crippen LogP contribution in [0, 0.1) is 12.8 Å². The lowest BCUT2D eigenvalue weighted by atomic mass is 10.3. The Balaban J connectivity index is -0.0000000428. The van der Waals surface area contributed by atoms with E-state index < -0.39 is 0 Å². The van der Waals surface area contributed by atoms with Crippen molar-refractivity contribution in [1.29, 1.82) is 0 Å². The van der Waals surface area contributed by atoms with Crippen molar-refractivity contribution in [2.75, 3.05) is 0 Å². The van der Waals surface area contributed by atoms with Crippen LogP contribution in [-0.2, 0) is 0 Å². The molecule has 0 saturated heterocycles. The quantitative estimate of drug-likeness (QED) is 0.395. The molecule has 0 aromatic carbocycles. The summed E-state index contributed by atoms with van der Waals surface area (Å²) >= 11 is 0. The van der Waals surface area contributed by atoms with Crippen LogP contribution in [0.3, 0.4) is 0 Å². The van der Waals surface area contributed by atoms with Gasteiger partial charge in [0.15, 0.2) is 0 Å². The van der Waals surface area contributed by atoms with Crippen molar-refractivity contribution in [3.63, 3.8) is 0 Å². The van der Waals surface area contributed by atoms with Gasteiger partial charge in [0.25, 0.3) is 0 Å². The molecule has 0 fully saturated rings. The Morgan fingerprint density at radius 3 is 1.55 bits per heavy atom. The van der Waals surface area contributed by atoms with Gasteiger partial charge in [0.05, 0.1) is 0 Å². The summed E-state index contributed by atoms with van der Waals surface area (Å²) in [5.74, 6) is 0. The lowest BCUT2D eigenvalue weighted by molar-refractivity contribution is 1.49. The molecule has 0 aliphatic heterocycles. The average molecular weight is 154 g/mol. The maximum absolute atomic E-state index is 4.00. The van der Waals surface area contributed by atoms with Gasteiger partial charge in [0, 0.05) is 0 Å². The topological polar surface area (TPSA) is 0 Å². The molecule has 11 heavy (non-hydrogen) atoms. The van der Waals surface area contributed by atoms with Crippen LogP contribution in [0.2, 0.25) is 0 Å². The number of terminal acetylenes is 1. The fourth-order valence-electron chi connectivity index (χ4n) is 0.118. The molecule has 0 nitrogen and oxygen atoms in total. The third-order valence-corrected chi connectivity index (χ3v) is 0.777. The van der Waals surface area contributed by atoms with Crippen molar-refractivity contribution in [1.82, 2.24) is 0 Å². The van der Waals surface area contributed by atoms with Gasteiger partial charge in [0.1, 0.15) is 0 Å². The highest BCUT2D eigenvalue weighted by Gasteiger charge is 1.66. The summed E-state index contributed by atoms with van der Waals surface area (Å²) in [4.78, 5) is 0. The van der Waals surface area contributed by atoms with Gasteiger partial charge in [-0.05, 0) is 13.8 Å². The van der Waals surface area contributed by atoms with Gasteiger partial charge in [-0.3, -0.25) is 0 Å². The van der Waals surface area contributed by atoms with Crippen LogP contribution in [0.25, 0.3) is 0 Å². The normalized spacial score (nSPS) is 6.91. The molecular formula is C11H22. The number of rotatable bonds is 1. The largest absolute Gasteiger partial charge is 0.124 e. The van der Waals surface area contributed by atoms with Crippen molar-refractivity contribution >= 4 is 0 Å². The third kappa shape index (κ3) is 48.5. The first kappa shape index (κ1) is 22.5. The summed E-state index contributed by atoms with van der Waals surface area (Å²) in [5.41, 5.74) is 1.23. The van der Waals surface area contributed by atoms with E-state index >= 15 is 0 Å². The molecule has 0 spiro atoms. The molecule has 0 heteroatoms. The number of hydrogen-bond acceptors (Lipinski definition) is 0. The number of allylic oxidation sites excluding steroid dienone is 3. The zero-order valence-corrected chi connectivity index (χ0v) is 7.52. The summed E-state index contributed by atoms with van der Waals surface area (Å²) in [6.45, 7) is 11.6. The molecule has 66 valence electrons. The van der Waals surface area contributed by atoms with Crippen LogP contribution in [-0.4, -0.2) is 0 Å². The second-order valence-electron chi connectivity index (χ2n) is 1.24. The summed E-state index contributed by atoms with van der Waals surface area (Å²) in [6.07, 6.45) is 11.9. The van der Waals surface area contributed by atoms with Gasteiger partial charge in [-0.25, -0.2) is 0 Å². The van der Waals surface area contributed by atoms with Gasteiger partial charge >= 0.3 is 0 Å². The van der Waals surface area contributed by atoms with Crippen molar-refractivity contribution in [3.05, 3.63) is 24.3 Å². The predicted molar refractivity (Wildman–Crippen MR) is 57.6 cm³/mol. The molecule has 0 N–H and O–H groups in total. The van der Waals surface area contributed by atoms with E-state index in [4.69, 9.17) is 0 Å². The smallest absolute Gasteiger partial charge is 0.0401 e. The number of hydrogen-bond donors (Lipinski definition) is 0. The van der Waals surface area contributed by atoms with Gasteiger partial charge in [-0.15, -0.1) is 12.8 Å².